The third-order valence-electron chi connectivity index (χ3n) is 7.26. The Hall–Kier alpha value is -2.76. The predicted molar refractivity (Wildman–Crippen MR) is 144 cm³/mol. The summed E-state index contributed by atoms with van der Waals surface area (Å²) in [4.78, 5) is 15.8. The highest BCUT2D eigenvalue weighted by Gasteiger charge is 2.20. The van der Waals surface area contributed by atoms with Crippen molar-refractivity contribution in [3.63, 3.8) is 0 Å². The van der Waals surface area contributed by atoms with Crippen molar-refractivity contribution in [2.45, 2.75) is 51.5 Å². The predicted octanol–water partition coefficient (Wildman–Crippen LogP) is 6.36. The van der Waals surface area contributed by atoms with Gasteiger partial charge in [0.2, 0.25) is 0 Å². The normalized spacial score (nSPS) is 15.3. The van der Waals surface area contributed by atoms with Crippen molar-refractivity contribution in [2.24, 2.45) is 0 Å². The molecule has 0 amide bonds. The zero-order chi connectivity index (χ0) is 24.2. The molecule has 0 saturated carbocycles. The molecule has 1 fully saturated rings. The van der Waals surface area contributed by atoms with Crippen molar-refractivity contribution in [1.29, 1.82) is 0 Å². The zero-order valence-corrected chi connectivity index (χ0v) is 21.2. The molecular weight excluding hydrogens is 458 g/mol. The van der Waals surface area contributed by atoms with E-state index in [0.717, 1.165) is 60.7 Å². The van der Waals surface area contributed by atoms with Crippen LogP contribution in [0.15, 0.2) is 65.6 Å². The number of nitrogens with zero attached hydrogens (tertiary/aromatic N) is 3. The largest absolute Gasteiger partial charge is 0.494 e. The van der Waals surface area contributed by atoms with Gasteiger partial charge in [0.1, 0.15) is 11.3 Å². The van der Waals surface area contributed by atoms with E-state index in [-0.39, 0.29) is 5.56 Å². The molecule has 0 radical (unpaired) electrons. The van der Waals surface area contributed by atoms with Crippen molar-refractivity contribution in [2.75, 3.05) is 26.2 Å². The van der Waals surface area contributed by atoms with E-state index in [9.17, 15) is 4.79 Å². The van der Waals surface area contributed by atoms with Gasteiger partial charge in [0.15, 0.2) is 0 Å². The van der Waals surface area contributed by atoms with Gasteiger partial charge in [-0.05, 0) is 93.2 Å². The quantitative estimate of drug-likeness (QED) is 0.256. The second-order valence-corrected chi connectivity index (χ2v) is 10.0. The standard InChI is InChI=1S/C29H34ClN3O2/c1-2-3-20-35-25-11-12-26-28(21-25)32-16-4-6-27(32)29(34)33(26)17-5-15-31-18-13-23(14-19-31)22-7-9-24(30)10-8-22/h4,6-12,16,21,23H,2-3,5,13-15,17-20H2,1H3. The molecule has 184 valence electrons. The topological polar surface area (TPSA) is 38.9 Å². The molecule has 1 aliphatic rings. The highest BCUT2D eigenvalue weighted by molar-refractivity contribution is 6.30. The molecule has 0 atom stereocenters. The van der Waals surface area contributed by atoms with Crippen LogP contribution in [0.2, 0.25) is 5.02 Å². The molecule has 2 aromatic carbocycles. The summed E-state index contributed by atoms with van der Waals surface area (Å²) in [6, 6.07) is 18.3. The van der Waals surface area contributed by atoms with Crippen LogP contribution in [-0.4, -0.2) is 40.1 Å². The summed E-state index contributed by atoms with van der Waals surface area (Å²) >= 11 is 6.05. The SMILES string of the molecule is CCCCOc1ccc2c(c1)n1cccc1c(=O)n2CCCN1CCC(c2ccc(Cl)cc2)CC1. The Balaban J connectivity index is 1.26. The van der Waals surface area contributed by atoms with E-state index in [1.807, 2.05) is 51.6 Å². The van der Waals surface area contributed by atoms with Crippen LogP contribution in [0.1, 0.15) is 50.5 Å². The molecule has 2 aromatic heterocycles. The Kier molecular flexibility index (Phi) is 7.45. The molecule has 6 heteroatoms. The fourth-order valence-electron chi connectivity index (χ4n) is 5.26. The first-order chi connectivity index (χ1) is 17.1. The van der Waals surface area contributed by atoms with E-state index in [4.69, 9.17) is 16.3 Å². The van der Waals surface area contributed by atoms with Crippen molar-refractivity contribution >= 4 is 28.2 Å². The number of piperidine rings is 1. The Labute approximate surface area is 211 Å². The second-order valence-electron chi connectivity index (χ2n) is 9.59. The molecule has 0 aliphatic carbocycles. The fourth-order valence-corrected chi connectivity index (χ4v) is 5.39. The zero-order valence-electron chi connectivity index (χ0n) is 20.5. The molecule has 35 heavy (non-hydrogen) atoms. The van der Waals surface area contributed by atoms with E-state index >= 15 is 0 Å². The van der Waals surface area contributed by atoms with Crippen LogP contribution in [0, 0.1) is 0 Å². The molecule has 1 aliphatic heterocycles. The smallest absolute Gasteiger partial charge is 0.275 e. The summed E-state index contributed by atoms with van der Waals surface area (Å²) in [5.41, 5.74) is 4.16. The number of hydrogen-bond donors (Lipinski definition) is 0. The van der Waals surface area contributed by atoms with Gasteiger partial charge in [-0.2, -0.15) is 0 Å². The fraction of sp³-hybridized carbons (Fsp3) is 0.414. The second kappa shape index (κ2) is 10.9. The van der Waals surface area contributed by atoms with Crippen LogP contribution in [0.5, 0.6) is 5.75 Å². The summed E-state index contributed by atoms with van der Waals surface area (Å²) in [5.74, 6) is 1.47. The Morgan fingerprint density at radius 2 is 1.74 bits per heavy atom. The van der Waals surface area contributed by atoms with E-state index in [2.05, 4.69) is 30.0 Å². The number of aromatic nitrogens is 2. The average molecular weight is 492 g/mol. The average Bonchev–Trinajstić information content (AvgIpc) is 3.38. The van der Waals surface area contributed by atoms with Crippen LogP contribution in [0.4, 0.5) is 0 Å². The number of halogens is 1. The van der Waals surface area contributed by atoms with Crippen LogP contribution >= 0.6 is 11.6 Å². The van der Waals surface area contributed by atoms with Crippen LogP contribution in [0.3, 0.4) is 0 Å². The first-order valence-electron chi connectivity index (χ1n) is 12.9. The molecule has 5 nitrogen and oxygen atoms in total. The van der Waals surface area contributed by atoms with Gasteiger partial charge in [-0.15, -0.1) is 0 Å². The monoisotopic (exact) mass is 491 g/mol. The van der Waals surface area contributed by atoms with E-state index in [1.165, 1.54) is 18.4 Å². The van der Waals surface area contributed by atoms with Gasteiger partial charge < -0.3 is 18.6 Å². The van der Waals surface area contributed by atoms with Crippen molar-refractivity contribution in [3.8, 4) is 5.75 Å². The summed E-state index contributed by atoms with van der Waals surface area (Å²) in [7, 11) is 0. The molecule has 3 heterocycles. The van der Waals surface area contributed by atoms with Crippen molar-refractivity contribution < 1.29 is 4.74 Å². The minimum Gasteiger partial charge on any atom is -0.494 e. The first-order valence-corrected chi connectivity index (χ1v) is 13.3. The minimum atomic E-state index is 0.0728. The molecule has 5 rings (SSSR count). The molecule has 1 saturated heterocycles. The molecule has 0 unspecified atom stereocenters. The lowest BCUT2D eigenvalue weighted by Crippen LogP contribution is -2.34. The maximum atomic E-state index is 13.3. The van der Waals surface area contributed by atoms with Gasteiger partial charge in [0.05, 0.1) is 17.6 Å². The summed E-state index contributed by atoms with van der Waals surface area (Å²) < 4.78 is 9.88. The number of aryl methyl sites for hydroxylation is 1. The maximum Gasteiger partial charge on any atom is 0.275 e. The van der Waals surface area contributed by atoms with Gasteiger partial charge in [0, 0.05) is 23.8 Å². The molecule has 0 N–H and O–H groups in total. The molecular formula is C29H34ClN3O2. The first kappa shape index (κ1) is 24.0. The van der Waals surface area contributed by atoms with Gasteiger partial charge in [-0.25, -0.2) is 0 Å². The number of ether oxygens (including phenoxy) is 1. The minimum absolute atomic E-state index is 0.0728. The van der Waals surface area contributed by atoms with E-state index in [1.54, 1.807) is 0 Å². The van der Waals surface area contributed by atoms with Crippen LogP contribution < -0.4 is 10.3 Å². The number of unbranched alkanes of at least 4 members (excludes halogenated alkanes) is 1. The Morgan fingerprint density at radius 1 is 0.943 bits per heavy atom. The van der Waals surface area contributed by atoms with Gasteiger partial charge >= 0.3 is 0 Å². The van der Waals surface area contributed by atoms with Gasteiger partial charge in [0.25, 0.3) is 5.56 Å². The molecule has 4 aromatic rings. The number of benzene rings is 2. The number of hydrogen-bond acceptors (Lipinski definition) is 3. The summed E-state index contributed by atoms with van der Waals surface area (Å²) in [5, 5.41) is 0.799. The highest BCUT2D eigenvalue weighted by Crippen LogP contribution is 2.29. The van der Waals surface area contributed by atoms with Crippen LogP contribution in [-0.2, 0) is 6.54 Å². The summed E-state index contributed by atoms with van der Waals surface area (Å²) in [6.07, 6.45) is 7.39. The van der Waals surface area contributed by atoms with Crippen molar-refractivity contribution in [3.05, 3.63) is 81.7 Å². The number of fused-ring (bicyclic) bond motifs is 3. The lowest BCUT2D eigenvalue weighted by Gasteiger charge is -2.32. The van der Waals surface area contributed by atoms with E-state index in [0.29, 0.717) is 24.6 Å². The lowest BCUT2D eigenvalue weighted by atomic mass is 9.89. The van der Waals surface area contributed by atoms with Gasteiger partial charge in [-0.3, -0.25) is 4.79 Å². The summed E-state index contributed by atoms with van der Waals surface area (Å²) in [6.45, 7) is 6.78. The molecule has 0 spiro atoms. The Bertz CT molecular complexity index is 1330. The van der Waals surface area contributed by atoms with Crippen LogP contribution in [0.25, 0.3) is 16.6 Å². The highest BCUT2D eigenvalue weighted by atomic mass is 35.5. The van der Waals surface area contributed by atoms with Gasteiger partial charge in [-0.1, -0.05) is 37.1 Å². The number of rotatable bonds is 9. The lowest BCUT2D eigenvalue weighted by molar-refractivity contribution is 0.207. The third kappa shape index (κ3) is 5.26. The maximum absolute atomic E-state index is 13.3. The molecule has 0 bridgehead atoms. The van der Waals surface area contributed by atoms with Crippen molar-refractivity contribution in [1.82, 2.24) is 13.9 Å². The third-order valence-corrected chi connectivity index (χ3v) is 7.51. The van der Waals surface area contributed by atoms with E-state index < -0.39 is 0 Å². The number of likely N-dealkylation sites (tertiary alicyclic amines) is 1. The Morgan fingerprint density at radius 3 is 2.51 bits per heavy atom.